The summed E-state index contributed by atoms with van der Waals surface area (Å²) in [5.41, 5.74) is 0. The fourth-order valence-corrected chi connectivity index (χ4v) is 1.79. The first-order valence-corrected chi connectivity index (χ1v) is 6.36. The van der Waals surface area contributed by atoms with Gasteiger partial charge in [0.05, 0.1) is 52.7 Å². The molecule has 5 heteroatoms. The molecular formula is C12H29NO4. The highest BCUT2D eigenvalue weighted by Gasteiger charge is 2.19. The van der Waals surface area contributed by atoms with Crippen LogP contribution in [0, 0.1) is 0 Å². The molecule has 5 nitrogen and oxygen atoms in total. The molecule has 0 fully saturated rings. The van der Waals surface area contributed by atoms with Gasteiger partial charge in [0, 0.05) is 0 Å². The van der Waals surface area contributed by atoms with Crippen LogP contribution in [-0.4, -0.2) is 74.3 Å². The van der Waals surface area contributed by atoms with Gasteiger partial charge in [0.2, 0.25) is 0 Å². The average molecular weight is 251 g/mol. The highest BCUT2D eigenvalue weighted by atomic mass is 16.5. The van der Waals surface area contributed by atoms with Gasteiger partial charge in [-0.3, -0.25) is 0 Å². The topological polar surface area (TPSA) is 68.7 Å². The van der Waals surface area contributed by atoms with Crippen molar-refractivity contribution in [2.75, 3.05) is 59.2 Å². The maximum absolute atomic E-state index is 8.50. The third kappa shape index (κ3) is 8.51. The Bertz CT molecular complexity index is 143. The Morgan fingerprint density at radius 1 is 0.824 bits per heavy atom. The van der Waals surface area contributed by atoms with Gasteiger partial charge in [-0.25, -0.2) is 0 Å². The number of nitrogens with zero attached hydrogens (tertiary/aromatic N) is 1. The lowest BCUT2D eigenvalue weighted by Crippen LogP contribution is -2.49. The number of quaternary nitrogens is 1. The molecule has 0 aromatic rings. The van der Waals surface area contributed by atoms with Crippen molar-refractivity contribution >= 4 is 0 Å². The number of likely N-dealkylation sites (N-methyl/N-ethyl adjacent to an activating group) is 1. The van der Waals surface area contributed by atoms with Crippen molar-refractivity contribution in [3.63, 3.8) is 0 Å². The van der Waals surface area contributed by atoms with E-state index in [0.717, 1.165) is 37.3 Å². The number of ether oxygens (including phenoxy) is 2. The van der Waals surface area contributed by atoms with Crippen molar-refractivity contribution in [1.82, 2.24) is 0 Å². The lowest BCUT2D eigenvalue weighted by Gasteiger charge is -2.35. The van der Waals surface area contributed by atoms with Crippen LogP contribution >= 0.6 is 0 Å². The SMILES string of the molecule is CC[N+](CC)(CC)CCOCCOCCO.[OH-]. The lowest BCUT2D eigenvalue weighted by molar-refractivity contribution is -0.923. The monoisotopic (exact) mass is 251 g/mol. The van der Waals surface area contributed by atoms with E-state index in [4.69, 9.17) is 14.6 Å². The van der Waals surface area contributed by atoms with Crippen LogP contribution in [-0.2, 0) is 9.47 Å². The summed E-state index contributed by atoms with van der Waals surface area (Å²) in [6.07, 6.45) is 0. The second kappa shape index (κ2) is 12.3. The molecule has 0 saturated carbocycles. The van der Waals surface area contributed by atoms with E-state index in [0.29, 0.717) is 19.8 Å². The molecule has 0 aliphatic carbocycles. The summed E-state index contributed by atoms with van der Waals surface area (Å²) >= 11 is 0. The van der Waals surface area contributed by atoms with Gasteiger partial charge in [-0.1, -0.05) is 0 Å². The quantitative estimate of drug-likeness (QED) is 0.434. The molecule has 0 radical (unpaired) electrons. The predicted octanol–water partition coefficient (Wildman–Crippen LogP) is 0.712. The number of aliphatic hydroxyl groups is 1. The largest absolute Gasteiger partial charge is 0.870 e. The van der Waals surface area contributed by atoms with Gasteiger partial charge >= 0.3 is 0 Å². The van der Waals surface area contributed by atoms with Gasteiger partial charge in [-0.2, -0.15) is 0 Å². The van der Waals surface area contributed by atoms with Crippen LogP contribution in [0.3, 0.4) is 0 Å². The van der Waals surface area contributed by atoms with E-state index in [9.17, 15) is 0 Å². The maximum Gasteiger partial charge on any atom is 0.102 e. The molecule has 0 rings (SSSR count). The fraction of sp³-hybridized carbons (Fsp3) is 1.00. The molecule has 0 saturated heterocycles. The van der Waals surface area contributed by atoms with E-state index < -0.39 is 0 Å². The third-order valence-corrected chi connectivity index (χ3v) is 3.33. The summed E-state index contributed by atoms with van der Waals surface area (Å²) in [6.45, 7) is 13.7. The summed E-state index contributed by atoms with van der Waals surface area (Å²) in [4.78, 5) is 0. The number of hydrogen-bond acceptors (Lipinski definition) is 4. The molecule has 0 unspecified atom stereocenters. The van der Waals surface area contributed by atoms with Gasteiger partial charge in [-0.15, -0.1) is 0 Å². The molecule has 2 N–H and O–H groups in total. The second-order valence-corrected chi connectivity index (χ2v) is 3.96. The molecule has 106 valence electrons. The van der Waals surface area contributed by atoms with Crippen molar-refractivity contribution in [3.8, 4) is 0 Å². The van der Waals surface area contributed by atoms with Crippen LogP contribution in [0.15, 0.2) is 0 Å². The molecular weight excluding hydrogens is 222 g/mol. The minimum absolute atomic E-state index is 0. The zero-order valence-electron chi connectivity index (χ0n) is 11.5. The van der Waals surface area contributed by atoms with Crippen LogP contribution in [0.1, 0.15) is 20.8 Å². The second-order valence-electron chi connectivity index (χ2n) is 3.96. The van der Waals surface area contributed by atoms with Crippen LogP contribution in [0.4, 0.5) is 0 Å². The number of aliphatic hydroxyl groups excluding tert-OH is 1. The van der Waals surface area contributed by atoms with Crippen LogP contribution in [0.2, 0.25) is 0 Å². The van der Waals surface area contributed by atoms with Crippen molar-refractivity contribution in [2.24, 2.45) is 0 Å². The molecule has 0 aromatic carbocycles. The van der Waals surface area contributed by atoms with Crippen LogP contribution in [0.25, 0.3) is 0 Å². The van der Waals surface area contributed by atoms with Crippen molar-refractivity contribution in [3.05, 3.63) is 0 Å². The smallest absolute Gasteiger partial charge is 0.102 e. The Kier molecular flexibility index (Phi) is 13.8. The van der Waals surface area contributed by atoms with E-state index in [2.05, 4.69) is 20.8 Å². The fourth-order valence-electron chi connectivity index (χ4n) is 1.79. The van der Waals surface area contributed by atoms with Gasteiger partial charge < -0.3 is 24.5 Å². The minimum atomic E-state index is 0. The van der Waals surface area contributed by atoms with Gasteiger partial charge in [0.25, 0.3) is 0 Å². The van der Waals surface area contributed by atoms with E-state index in [1.165, 1.54) is 0 Å². The van der Waals surface area contributed by atoms with E-state index in [-0.39, 0.29) is 12.1 Å². The molecule has 0 aromatic heterocycles. The first-order chi connectivity index (χ1) is 7.74. The molecule has 0 atom stereocenters. The highest BCUT2D eigenvalue weighted by Crippen LogP contribution is 2.04. The average Bonchev–Trinajstić information content (AvgIpc) is 2.34. The third-order valence-electron chi connectivity index (χ3n) is 3.33. The molecule has 0 aliphatic heterocycles. The zero-order valence-corrected chi connectivity index (χ0v) is 11.5. The van der Waals surface area contributed by atoms with E-state index >= 15 is 0 Å². The Balaban J connectivity index is 0. The molecule has 0 heterocycles. The van der Waals surface area contributed by atoms with Gasteiger partial charge in [-0.05, 0) is 20.8 Å². The standard InChI is InChI=1S/C12H28NO3.H2O/c1-4-13(5-2,6-3)7-9-15-11-12-16-10-8-14;/h14H,4-12H2,1-3H3;1H2/q+1;/p-1. The Labute approximate surface area is 105 Å². The first-order valence-electron chi connectivity index (χ1n) is 6.36. The highest BCUT2D eigenvalue weighted by molar-refractivity contribution is 4.39. The summed E-state index contributed by atoms with van der Waals surface area (Å²) in [5.74, 6) is 0. The maximum atomic E-state index is 8.50. The molecule has 0 spiro atoms. The first kappa shape index (κ1) is 19.1. The van der Waals surface area contributed by atoms with Crippen LogP contribution < -0.4 is 0 Å². The lowest BCUT2D eigenvalue weighted by atomic mass is 10.3. The summed E-state index contributed by atoms with van der Waals surface area (Å²) in [7, 11) is 0. The molecule has 0 aliphatic rings. The van der Waals surface area contributed by atoms with E-state index in [1.54, 1.807) is 0 Å². The Hall–Kier alpha value is -0.200. The van der Waals surface area contributed by atoms with E-state index in [1.807, 2.05) is 0 Å². The summed E-state index contributed by atoms with van der Waals surface area (Å²) < 4.78 is 11.8. The number of hydrogen-bond donors (Lipinski definition) is 1. The van der Waals surface area contributed by atoms with Crippen molar-refractivity contribution in [1.29, 1.82) is 0 Å². The number of rotatable bonds is 11. The van der Waals surface area contributed by atoms with Crippen molar-refractivity contribution in [2.45, 2.75) is 20.8 Å². The van der Waals surface area contributed by atoms with Crippen LogP contribution in [0.5, 0.6) is 0 Å². The Morgan fingerprint density at radius 2 is 1.29 bits per heavy atom. The minimum Gasteiger partial charge on any atom is -0.870 e. The molecule has 0 bridgehead atoms. The van der Waals surface area contributed by atoms with Gasteiger partial charge in [0.1, 0.15) is 6.54 Å². The van der Waals surface area contributed by atoms with Crippen molar-refractivity contribution < 1.29 is 24.5 Å². The molecule has 17 heavy (non-hydrogen) atoms. The summed E-state index contributed by atoms with van der Waals surface area (Å²) in [5, 5.41) is 8.50. The predicted molar refractivity (Wildman–Crippen MR) is 67.4 cm³/mol. The zero-order chi connectivity index (χ0) is 12.3. The van der Waals surface area contributed by atoms with Gasteiger partial charge in [0.15, 0.2) is 0 Å². The molecule has 0 amide bonds. The summed E-state index contributed by atoms with van der Waals surface area (Å²) in [6, 6.07) is 0. The Morgan fingerprint density at radius 3 is 1.71 bits per heavy atom. The normalized spacial score (nSPS) is 11.3.